The summed E-state index contributed by atoms with van der Waals surface area (Å²) in [7, 11) is 0. The zero-order valence-corrected chi connectivity index (χ0v) is 12.7. The van der Waals surface area contributed by atoms with E-state index in [0.717, 1.165) is 34.3 Å². The van der Waals surface area contributed by atoms with Gasteiger partial charge in [0.1, 0.15) is 5.76 Å². The molecule has 0 bridgehead atoms. The van der Waals surface area contributed by atoms with Crippen LogP contribution in [0.2, 0.25) is 0 Å². The molecule has 0 fully saturated rings. The van der Waals surface area contributed by atoms with Gasteiger partial charge in [0.25, 0.3) is 0 Å². The zero-order valence-electron chi connectivity index (χ0n) is 11.1. The van der Waals surface area contributed by atoms with Crippen LogP contribution in [0.1, 0.15) is 30.7 Å². The number of hydrogen-bond acceptors (Lipinski definition) is 4. The topological polar surface area (TPSA) is 55.4 Å². The molecule has 1 unspecified atom stereocenters. The first-order valence-electron chi connectivity index (χ1n) is 6.54. The van der Waals surface area contributed by atoms with E-state index in [2.05, 4.69) is 38.3 Å². The van der Waals surface area contributed by atoms with Gasteiger partial charge in [-0.15, -0.1) is 0 Å². The number of nitrogens with one attached hydrogen (secondary N) is 1. The predicted octanol–water partition coefficient (Wildman–Crippen LogP) is 3.17. The Morgan fingerprint density at radius 3 is 3.10 bits per heavy atom. The van der Waals surface area contributed by atoms with Gasteiger partial charge in [-0.1, -0.05) is 6.92 Å². The minimum Gasteiger partial charge on any atom is -0.466 e. The number of nitrogens with zero attached hydrogens (tertiary/aromatic N) is 3. The summed E-state index contributed by atoms with van der Waals surface area (Å²) in [6.07, 6.45) is 9.98. The molecule has 5 nitrogen and oxygen atoms in total. The molecule has 3 aromatic heterocycles. The van der Waals surface area contributed by atoms with Gasteiger partial charge < -0.3 is 9.73 Å². The fraction of sp³-hybridized carbons (Fsp3) is 0.286. The molecule has 1 N–H and O–H groups in total. The van der Waals surface area contributed by atoms with Crippen LogP contribution in [0.4, 0.5) is 0 Å². The molecule has 0 aliphatic carbocycles. The van der Waals surface area contributed by atoms with Crippen molar-refractivity contribution in [3.05, 3.63) is 52.9 Å². The summed E-state index contributed by atoms with van der Waals surface area (Å²) in [5.74, 6) is 0.859. The van der Waals surface area contributed by atoms with Gasteiger partial charge in [-0.25, -0.2) is 4.52 Å². The van der Waals surface area contributed by atoms with Crippen molar-refractivity contribution in [1.82, 2.24) is 19.9 Å². The maximum absolute atomic E-state index is 5.63. The average molecular weight is 335 g/mol. The fourth-order valence-electron chi connectivity index (χ4n) is 2.22. The Morgan fingerprint density at radius 1 is 1.45 bits per heavy atom. The standard InChI is InChI=1S/C14H15BrN4O/c1-2-4-17-13(14-11(15)3-7-20-14)10-8-18-19-6-5-16-9-12(10)19/h3,5-9,13,17H,2,4H2,1H3. The van der Waals surface area contributed by atoms with Crippen molar-refractivity contribution in [2.24, 2.45) is 0 Å². The molecule has 3 heterocycles. The summed E-state index contributed by atoms with van der Waals surface area (Å²) >= 11 is 3.53. The van der Waals surface area contributed by atoms with Crippen molar-refractivity contribution in [3.63, 3.8) is 0 Å². The van der Waals surface area contributed by atoms with Crippen LogP contribution >= 0.6 is 15.9 Å². The maximum atomic E-state index is 5.63. The van der Waals surface area contributed by atoms with Gasteiger partial charge >= 0.3 is 0 Å². The summed E-state index contributed by atoms with van der Waals surface area (Å²) in [5, 5.41) is 7.87. The number of rotatable bonds is 5. The van der Waals surface area contributed by atoms with Gasteiger partial charge in [-0.2, -0.15) is 5.10 Å². The summed E-state index contributed by atoms with van der Waals surface area (Å²) < 4.78 is 8.40. The van der Waals surface area contributed by atoms with Crippen molar-refractivity contribution < 1.29 is 4.42 Å². The molecule has 0 aliphatic rings. The molecule has 0 amide bonds. The average Bonchev–Trinajstić information content (AvgIpc) is 3.07. The molecule has 20 heavy (non-hydrogen) atoms. The largest absolute Gasteiger partial charge is 0.466 e. The van der Waals surface area contributed by atoms with Crippen LogP contribution < -0.4 is 5.32 Å². The molecule has 3 aromatic rings. The highest BCUT2D eigenvalue weighted by Crippen LogP contribution is 2.31. The van der Waals surface area contributed by atoms with Crippen LogP contribution in [-0.4, -0.2) is 21.1 Å². The summed E-state index contributed by atoms with van der Waals surface area (Å²) in [4.78, 5) is 4.18. The highest BCUT2D eigenvalue weighted by Gasteiger charge is 2.22. The lowest BCUT2D eigenvalue weighted by molar-refractivity contribution is 0.445. The Labute approximate surface area is 125 Å². The molecule has 1 atom stereocenters. The molecular weight excluding hydrogens is 320 g/mol. The number of halogens is 1. The van der Waals surface area contributed by atoms with Crippen LogP contribution in [0.3, 0.4) is 0 Å². The van der Waals surface area contributed by atoms with Gasteiger partial charge in [0.05, 0.1) is 34.7 Å². The van der Waals surface area contributed by atoms with E-state index in [0.29, 0.717) is 0 Å². The number of fused-ring (bicyclic) bond motifs is 1. The van der Waals surface area contributed by atoms with Crippen LogP contribution in [0.25, 0.3) is 5.52 Å². The van der Waals surface area contributed by atoms with Crippen LogP contribution in [0.5, 0.6) is 0 Å². The lowest BCUT2D eigenvalue weighted by Gasteiger charge is -2.16. The monoisotopic (exact) mass is 334 g/mol. The van der Waals surface area contributed by atoms with Gasteiger partial charge in [-0.3, -0.25) is 4.98 Å². The molecule has 0 saturated carbocycles. The van der Waals surface area contributed by atoms with Crippen molar-refractivity contribution in [2.45, 2.75) is 19.4 Å². The van der Waals surface area contributed by atoms with Gasteiger partial charge in [-0.05, 0) is 35.0 Å². The van der Waals surface area contributed by atoms with Crippen molar-refractivity contribution in [1.29, 1.82) is 0 Å². The molecule has 0 spiro atoms. The molecule has 0 aromatic carbocycles. The van der Waals surface area contributed by atoms with Crippen molar-refractivity contribution in [2.75, 3.05) is 6.54 Å². The van der Waals surface area contributed by atoms with E-state index in [1.165, 1.54) is 0 Å². The van der Waals surface area contributed by atoms with E-state index < -0.39 is 0 Å². The van der Waals surface area contributed by atoms with E-state index in [1.54, 1.807) is 12.5 Å². The predicted molar refractivity (Wildman–Crippen MR) is 79.5 cm³/mol. The number of aromatic nitrogens is 3. The zero-order chi connectivity index (χ0) is 13.9. The van der Waals surface area contributed by atoms with E-state index >= 15 is 0 Å². The second-order valence-corrected chi connectivity index (χ2v) is 5.38. The van der Waals surface area contributed by atoms with Crippen LogP contribution in [-0.2, 0) is 0 Å². The Bertz CT molecular complexity index is 706. The van der Waals surface area contributed by atoms with Crippen LogP contribution in [0.15, 0.2) is 46.0 Å². The Morgan fingerprint density at radius 2 is 2.35 bits per heavy atom. The quantitative estimate of drug-likeness (QED) is 0.778. The van der Waals surface area contributed by atoms with E-state index in [-0.39, 0.29) is 6.04 Å². The molecule has 0 aliphatic heterocycles. The van der Waals surface area contributed by atoms with Gasteiger partial charge in [0.2, 0.25) is 0 Å². The summed E-state index contributed by atoms with van der Waals surface area (Å²) in [6.45, 7) is 3.04. The highest BCUT2D eigenvalue weighted by molar-refractivity contribution is 9.10. The Balaban J connectivity index is 2.07. The fourth-order valence-corrected chi connectivity index (χ4v) is 2.65. The molecule has 104 valence electrons. The first kappa shape index (κ1) is 13.3. The lowest BCUT2D eigenvalue weighted by Crippen LogP contribution is -2.23. The molecular formula is C14H15BrN4O. The molecule has 0 saturated heterocycles. The first-order valence-corrected chi connectivity index (χ1v) is 7.34. The normalized spacial score (nSPS) is 12.9. The van der Waals surface area contributed by atoms with Crippen LogP contribution in [0, 0.1) is 0 Å². The summed E-state index contributed by atoms with van der Waals surface area (Å²) in [6, 6.07) is 1.86. The van der Waals surface area contributed by atoms with Gasteiger partial charge in [0.15, 0.2) is 0 Å². The maximum Gasteiger partial charge on any atom is 0.139 e. The van der Waals surface area contributed by atoms with Gasteiger partial charge in [0, 0.05) is 18.0 Å². The lowest BCUT2D eigenvalue weighted by atomic mass is 10.1. The molecule has 6 heteroatoms. The third-order valence-corrected chi connectivity index (χ3v) is 3.83. The second kappa shape index (κ2) is 5.76. The third-order valence-electron chi connectivity index (χ3n) is 3.17. The third kappa shape index (κ3) is 2.36. The highest BCUT2D eigenvalue weighted by atomic mass is 79.9. The molecule has 0 radical (unpaired) electrons. The SMILES string of the molecule is CCCNC(c1occc1Br)c1cnn2ccncc12. The number of furan rings is 1. The van der Waals surface area contributed by atoms with E-state index in [9.17, 15) is 0 Å². The van der Waals surface area contributed by atoms with E-state index in [1.807, 2.05) is 29.2 Å². The smallest absolute Gasteiger partial charge is 0.139 e. The second-order valence-electron chi connectivity index (χ2n) is 4.53. The minimum absolute atomic E-state index is 0.0407. The summed E-state index contributed by atoms with van der Waals surface area (Å²) in [5.41, 5.74) is 2.03. The van der Waals surface area contributed by atoms with Crippen molar-refractivity contribution in [3.8, 4) is 0 Å². The Kier molecular flexibility index (Phi) is 3.84. The molecule has 3 rings (SSSR count). The number of hydrogen-bond donors (Lipinski definition) is 1. The van der Waals surface area contributed by atoms with Crippen molar-refractivity contribution >= 4 is 21.4 Å². The minimum atomic E-state index is -0.0407. The van der Waals surface area contributed by atoms with E-state index in [4.69, 9.17) is 4.42 Å². The first-order chi connectivity index (χ1) is 9.81. The Hall–Kier alpha value is -1.66.